The molecule has 2 aliphatic rings. The largest absolute Gasteiger partial charge is 0.324 e. The molecule has 0 radical (unpaired) electrons. The van der Waals surface area contributed by atoms with Crippen molar-refractivity contribution >= 4 is 36.0 Å². The molecule has 0 spiro atoms. The molecule has 5 rings (SSSR count). The molecule has 4 heterocycles. The van der Waals surface area contributed by atoms with Crippen LogP contribution >= 0.6 is 7.14 Å². The first-order chi connectivity index (χ1) is 16.3. The quantitative estimate of drug-likeness (QED) is 0.533. The van der Waals surface area contributed by atoms with Gasteiger partial charge in [0.2, 0.25) is 5.95 Å². The van der Waals surface area contributed by atoms with Crippen LogP contribution in [-0.4, -0.2) is 51.8 Å². The number of aromatic nitrogens is 4. The molecular formula is C24H27N8OP. The van der Waals surface area contributed by atoms with Crippen LogP contribution in [0.4, 0.5) is 23.4 Å². The predicted octanol–water partition coefficient (Wildman–Crippen LogP) is 3.74. The summed E-state index contributed by atoms with van der Waals surface area (Å²) in [4.78, 5) is 20.5. The van der Waals surface area contributed by atoms with E-state index in [1.54, 1.807) is 31.5 Å². The number of hydrogen-bond donors (Lipinski definition) is 2. The molecule has 1 aliphatic carbocycles. The second-order valence-electron chi connectivity index (χ2n) is 9.36. The van der Waals surface area contributed by atoms with Crippen LogP contribution in [0.2, 0.25) is 0 Å². The van der Waals surface area contributed by atoms with Gasteiger partial charge in [0.15, 0.2) is 5.82 Å². The van der Waals surface area contributed by atoms with Crippen molar-refractivity contribution in [2.24, 2.45) is 0 Å². The number of hydrogen-bond acceptors (Lipinski definition) is 9. The van der Waals surface area contributed by atoms with Crippen LogP contribution < -0.4 is 16.1 Å². The summed E-state index contributed by atoms with van der Waals surface area (Å²) < 4.78 is 12.4. The first kappa shape index (κ1) is 22.5. The maximum Gasteiger partial charge on any atom is 0.230 e. The lowest BCUT2D eigenvalue weighted by molar-refractivity contribution is 0.262. The third kappa shape index (κ3) is 4.52. The van der Waals surface area contributed by atoms with Gasteiger partial charge in [-0.3, -0.25) is 4.90 Å². The van der Waals surface area contributed by atoms with Gasteiger partial charge in [-0.1, -0.05) is 6.07 Å². The van der Waals surface area contributed by atoms with E-state index >= 15 is 0 Å². The molecule has 3 aromatic heterocycles. The van der Waals surface area contributed by atoms with Crippen molar-refractivity contribution in [1.82, 2.24) is 24.8 Å². The zero-order valence-electron chi connectivity index (χ0n) is 19.5. The van der Waals surface area contributed by atoms with Gasteiger partial charge in [-0.2, -0.15) is 10.2 Å². The van der Waals surface area contributed by atoms with Crippen LogP contribution in [-0.2, 0) is 17.5 Å². The lowest BCUT2D eigenvalue weighted by Crippen LogP contribution is -2.33. The number of rotatable bonds is 5. The Kier molecular flexibility index (Phi) is 5.80. The molecule has 0 saturated carbocycles. The highest BCUT2D eigenvalue weighted by atomic mass is 31.2. The highest BCUT2D eigenvalue weighted by molar-refractivity contribution is 7.69. The van der Waals surface area contributed by atoms with Crippen molar-refractivity contribution < 1.29 is 4.57 Å². The summed E-state index contributed by atoms with van der Waals surface area (Å²) in [6.07, 6.45) is 4.93. The zero-order chi connectivity index (χ0) is 23.9. The summed E-state index contributed by atoms with van der Waals surface area (Å²) in [7, 11) is -0.380. The second-order valence-corrected chi connectivity index (χ2v) is 12.5. The molecule has 1 unspecified atom stereocenters. The predicted molar refractivity (Wildman–Crippen MR) is 133 cm³/mol. The van der Waals surface area contributed by atoms with Gasteiger partial charge >= 0.3 is 0 Å². The minimum Gasteiger partial charge on any atom is -0.324 e. The lowest BCUT2D eigenvalue weighted by atomic mass is 9.79. The molecule has 1 atom stereocenters. The number of aryl methyl sites for hydroxylation is 1. The van der Waals surface area contributed by atoms with Gasteiger partial charge in [0.05, 0.1) is 11.9 Å². The van der Waals surface area contributed by atoms with E-state index in [1.807, 2.05) is 0 Å². The average Bonchev–Trinajstić information content (AvgIpc) is 2.79. The molecule has 174 valence electrons. The highest BCUT2D eigenvalue weighted by Crippen LogP contribution is 2.39. The standard InChI is InChI=1S/C24H27N8OP/c1-32-13-16-7-4-6-15-10-20(27-18(14-32)22(15)16)30-24-26-12-17(11-25)23(31-24)29-19-8-5-9-21(28-19)34(2,3)33/h5,8-10,12,16H,4,6-7,13-14H2,1-3H3,(H2,26,27,28,29,30,31). The summed E-state index contributed by atoms with van der Waals surface area (Å²) in [5, 5.41) is 15.9. The molecule has 34 heavy (non-hydrogen) atoms. The maximum atomic E-state index is 12.4. The van der Waals surface area contributed by atoms with Gasteiger partial charge in [-0.25, -0.2) is 15.0 Å². The van der Waals surface area contributed by atoms with E-state index in [0.29, 0.717) is 34.8 Å². The van der Waals surface area contributed by atoms with Crippen molar-refractivity contribution in [3.63, 3.8) is 0 Å². The van der Waals surface area contributed by atoms with E-state index in [0.717, 1.165) is 25.2 Å². The SMILES string of the molecule is CN1Cc2nc(Nc3ncc(C#N)c(Nc4cccc(P(C)(C)=O)n4)n3)cc3c2C(CCC3)C1. The first-order valence-electron chi connectivity index (χ1n) is 11.3. The van der Waals surface area contributed by atoms with Crippen LogP contribution in [0.5, 0.6) is 0 Å². The van der Waals surface area contributed by atoms with Gasteiger partial charge < -0.3 is 15.2 Å². The Hall–Kier alpha value is -3.34. The van der Waals surface area contributed by atoms with Crippen LogP contribution in [0, 0.1) is 11.3 Å². The number of nitrogens with zero attached hydrogens (tertiary/aromatic N) is 6. The molecule has 3 aromatic rings. The van der Waals surface area contributed by atoms with E-state index in [4.69, 9.17) is 4.98 Å². The Morgan fingerprint density at radius 2 is 2.03 bits per heavy atom. The van der Waals surface area contributed by atoms with Gasteiger partial charge in [-0.15, -0.1) is 0 Å². The topological polar surface area (TPSA) is 120 Å². The maximum absolute atomic E-state index is 12.4. The fourth-order valence-corrected chi connectivity index (χ4v) is 5.56. The lowest BCUT2D eigenvalue weighted by Gasteiger charge is -2.36. The normalized spacial score (nSPS) is 17.5. The fraction of sp³-hybridized carbons (Fsp3) is 0.375. The van der Waals surface area contributed by atoms with Crippen LogP contribution in [0.25, 0.3) is 0 Å². The van der Waals surface area contributed by atoms with Crippen molar-refractivity contribution in [2.75, 3.05) is 37.6 Å². The minimum atomic E-state index is -2.52. The zero-order valence-corrected chi connectivity index (χ0v) is 20.4. The summed E-state index contributed by atoms with van der Waals surface area (Å²) in [6.45, 7) is 5.26. The molecule has 0 fully saturated rings. The Morgan fingerprint density at radius 1 is 1.18 bits per heavy atom. The number of nitriles is 1. The molecule has 2 N–H and O–H groups in total. The molecule has 0 aromatic carbocycles. The summed E-state index contributed by atoms with van der Waals surface area (Å²) >= 11 is 0. The van der Waals surface area contributed by atoms with Crippen molar-refractivity contribution in [3.8, 4) is 6.07 Å². The Bertz CT molecular complexity index is 1350. The number of pyridine rings is 2. The van der Waals surface area contributed by atoms with E-state index in [-0.39, 0.29) is 5.56 Å². The second kappa shape index (κ2) is 8.79. The summed E-state index contributed by atoms with van der Waals surface area (Å²) in [6, 6.07) is 9.48. The fourth-order valence-electron chi connectivity index (χ4n) is 4.77. The van der Waals surface area contributed by atoms with E-state index < -0.39 is 7.14 Å². The third-order valence-electron chi connectivity index (χ3n) is 6.26. The van der Waals surface area contributed by atoms with Crippen molar-refractivity contribution in [3.05, 3.63) is 52.8 Å². The van der Waals surface area contributed by atoms with Gasteiger partial charge in [0, 0.05) is 13.1 Å². The molecule has 0 bridgehead atoms. The molecular weight excluding hydrogens is 447 g/mol. The molecule has 10 heteroatoms. The van der Waals surface area contributed by atoms with Crippen LogP contribution in [0.1, 0.15) is 41.1 Å². The molecule has 1 aliphatic heterocycles. The average molecular weight is 475 g/mol. The smallest absolute Gasteiger partial charge is 0.230 e. The van der Waals surface area contributed by atoms with Crippen molar-refractivity contribution in [2.45, 2.75) is 31.7 Å². The summed E-state index contributed by atoms with van der Waals surface area (Å²) in [5.41, 5.74) is 4.70. The molecule has 9 nitrogen and oxygen atoms in total. The summed E-state index contributed by atoms with van der Waals surface area (Å²) in [5.74, 6) is 2.40. The van der Waals surface area contributed by atoms with E-state index in [2.05, 4.69) is 49.7 Å². The molecule has 0 amide bonds. The van der Waals surface area contributed by atoms with Crippen molar-refractivity contribution in [1.29, 1.82) is 5.26 Å². The Labute approximate surface area is 199 Å². The third-order valence-corrected chi connectivity index (χ3v) is 7.62. The van der Waals surface area contributed by atoms with Crippen LogP contribution in [0.3, 0.4) is 0 Å². The minimum absolute atomic E-state index is 0.284. The number of anilines is 4. The molecule has 0 saturated heterocycles. The van der Waals surface area contributed by atoms with E-state index in [9.17, 15) is 9.83 Å². The number of likely N-dealkylation sites (N-methyl/N-ethyl adjacent to an activating group) is 1. The van der Waals surface area contributed by atoms with Crippen LogP contribution in [0.15, 0.2) is 30.5 Å². The monoisotopic (exact) mass is 474 g/mol. The van der Waals surface area contributed by atoms with Gasteiger partial charge in [-0.05, 0) is 74.9 Å². The Morgan fingerprint density at radius 3 is 2.82 bits per heavy atom. The first-order valence-corrected chi connectivity index (χ1v) is 14.0. The van der Waals surface area contributed by atoms with Gasteiger partial charge in [0.1, 0.15) is 35.8 Å². The number of nitrogens with one attached hydrogen (secondary N) is 2. The highest BCUT2D eigenvalue weighted by Gasteiger charge is 2.30. The van der Waals surface area contributed by atoms with E-state index in [1.165, 1.54) is 30.2 Å². The van der Waals surface area contributed by atoms with Gasteiger partial charge in [0.25, 0.3) is 0 Å². The Balaban J connectivity index is 1.44.